The molecule has 0 spiro atoms. The summed E-state index contributed by atoms with van der Waals surface area (Å²) in [6, 6.07) is 6.02. The molecule has 1 aliphatic carbocycles. The molecule has 0 aromatic heterocycles. The number of rotatable bonds is 7. The molecule has 1 aromatic carbocycles. The lowest BCUT2D eigenvalue weighted by molar-refractivity contribution is -0.123. The van der Waals surface area contributed by atoms with E-state index in [0.717, 1.165) is 45.1 Å². The second kappa shape index (κ2) is 10.1. The molecule has 8 heteroatoms. The van der Waals surface area contributed by atoms with Crippen molar-refractivity contribution >= 4 is 17.9 Å². The van der Waals surface area contributed by atoms with Crippen molar-refractivity contribution in [3.05, 3.63) is 29.8 Å². The van der Waals surface area contributed by atoms with Gasteiger partial charge < -0.3 is 19.5 Å². The largest absolute Gasteiger partial charge is 0.491 e. The number of urea groups is 1. The normalized spacial score (nSPS) is 19.2. The first-order valence-corrected chi connectivity index (χ1v) is 9.72. The van der Waals surface area contributed by atoms with Crippen LogP contribution in [0.2, 0.25) is 0 Å². The summed E-state index contributed by atoms with van der Waals surface area (Å²) in [6.07, 6.45) is 6.16. The second-order valence-electron chi connectivity index (χ2n) is 7.05. The van der Waals surface area contributed by atoms with Crippen LogP contribution in [0.4, 0.5) is 4.79 Å². The van der Waals surface area contributed by atoms with E-state index in [2.05, 4.69) is 10.6 Å². The molecule has 2 N–H and O–H groups in total. The molecule has 1 unspecified atom stereocenters. The van der Waals surface area contributed by atoms with Gasteiger partial charge in [0.1, 0.15) is 12.4 Å². The number of hydrogen-bond acceptors (Lipinski definition) is 6. The van der Waals surface area contributed by atoms with Crippen molar-refractivity contribution in [1.29, 1.82) is 0 Å². The summed E-state index contributed by atoms with van der Waals surface area (Å²) >= 11 is 0. The van der Waals surface area contributed by atoms with E-state index in [9.17, 15) is 14.4 Å². The predicted molar refractivity (Wildman–Crippen MR) is 100 cm³/mol. The van der Waals surface area contributed by atoms with Crippen LogP contribution in [-0.2, 0) is 14.3 Å². The molecule has 8 nitrogen and oxygen atoms in total. The van der Waals surface area contributed by atoms with Crippen molar-refractivity contribution in [3.63, 3.8) is 0 Å². The van der Waals surface area contributed by atoms with E-state index < -0.39 is 24.5 Å². The zero-order chi connectivity index (χ0) is 19.8. The second-order valence-corrected chi connectivity index (χ2v) is 7.05. The van der Waals surface area contributed by atoms with Gasteiger partial charge in [0.25, 0.3) is 5.91 Å². The highest BCUT2D eigenvalue weighted by Crippen LogP contribution is 2.18. The predicted octanol–water partition coefficient (Wildman–Crippen LogP) is 2.17. The topological polar surface area (TPSA) is 103 Å². The first-order valence-electron chi connectivity index (χ1n) is 9.72. The molecule has 1 saturated heterocycles. The molecule has 3 rings (SSSR count). The summed E-state index contributed by atoms with van der Waals surface area (Å²) in [4.78, 5) is 35.5. The molecular formula is C20H26N2O6. The fraction of sp³-hybridized carbons (Fsp3) is 0.550. The summed E-state index contributed by atoms with van der Waals surface area (Å²) < 4.78 is 16.1. The van der Waals surface area contributed by atoms with Crippen LogP contribution in [0.1, 0.15) is 48.9 Å². The van der Waals surface area contributed by atoms with Crippen LogP contribution < -0.4 is 15.4 Å². The molecule has 1 atom stereocenters. The third-order valence-electron chi connectivity index (χ3n) is 4.83. The number of ether oxygens (including phenoxy) is 3. The van der Waals surface area contributed by atoms with Gasteiger partial charge in [0, 0.05) is 12.6 Å². The SMILES string of the molecule is O=C(COC(=O)c1ccc(OCC2CCCO2)cc1)NC(=O)NC1CCCC1. The van der Waals surface area contributed by atoms with E-state index in [4.69, 9.17) is 14.2 Å². The minimum atomic E-state index is -0.666. The van der Waals surface area contributed by atoms with Crippen LogP contribution in [0.5, 0.6) is 5.75 Å². The van der Waals surface area contributed by atoms with E-state index >= 15 is 0 Å². The Morgan fingerprint density at radius 3 is 2.46 bits per heavy atom. The third-order valence-corrected chi connectivity index (χ3v) is 4.83. The lowest BCUT2D eigenvalue weighted by atomic mass is 10.2. The lowest BCUT2D eigenvalue weighted by Crippen LogP contribution is -2.44. The fourth-order valence-electron chi connectivity index (χ4n) is 3.32. The van der Waals surface area contributed by atoms with Crippen molar-refractivity contribution in [3.8, 4) is 5.75 Å². The van der Waals surface area contributed by atoms with Gasteiger partial charge >= 0.3 is 12.0 Å². The van der Waals surface area contributed by atoms with Gasteiger partial charge in [-0.1, -0.05) is 12.8 Å². The number of nitrogens with one attached hydrogen (secondary N) is 2. The van der Waals surface area contributed by atoms with Crippen LogP contribution in [0.25, 0.3) is 0 Å². The van der Waals surface area contributed by atoms with E-state index in [-0.39, 0.29) is 12.1 Å². The van der Waals surface area contributed by atoms with Crippen molar-refractivity contribution in [2.75, 3.05) is 19.8 Å². The van der Waals surface area contributed by atoms with Crippen LogP contribution in [0.15, 0.2) is 24.3 Å². The van der Waals surface area contributed by atoms with E-state index in [1.54, 1.807) is 24.3 Å². The summed E-state index contributed by atoms with van der Waals surface area (Å²) in [5.41, 5.74) is 0.299. The Morgan fingerprint density at radius 1 is 1.04 bits per heavy atom. The minimum Gasteiger partial charge on any atom is -0.491 e. The maximum absolute atomic E-state index is 12.0. The number of benzene rings is 1. The molecule has 2 fully saturated rings. The third kappa shape index (κ3) is 6.23. The van der Waals surface area contributed by atoms with Crippen molar-refractivity contribution < 1.29 is 28.6 Å². The quantitative estimate of drug-likeness (QED) is 0.692. The average molecular weight is 390 g/mol. The van der Waals surface area contributed by atoms with Crippen LogP contribution in [0.3, 0.4) is 0 Å². The molecule has 1 heterocycles. The first-order chi connectivity index (χ1) is 13.6. The zero-order valence-corrected chi connectivity index (χ0v) is 15.8. The molecule has 3 amide bonds. The van der Waals surface area contributed by atoms with Crippen molar-refractivity contribution in [2.45, 2.75) is 50.7 Å². The van der Waals surface area contributed by atoms with Gasteiger partial charge in [0.15, 0.2) is 6.61 Å². The number of amides is 3. The van der Waals surface area contributed by atoms with E-state index in [1.165, 1.54) is 0 Å². The van der Waals surface area contributed by atoms with Gasteiger partial charge in [-0.15, -0.1) is 0 Å². The number of carbonyl (C=O) groups excluding carboxylic acids is 3. The monoisotopic (exact) mass is 390 g/mol. The highest BCUT2D eigenvalue weighted by molar-refractivity contribution is 5.97. The molecule has 1 saturated carbocycles. The van der Waals surface area contributed by atoms with Gasteiger partial charge in [-0.2, -0.15) is 0 Å². The van der Waals surface area contributed by atoms with Crippen LogP contribution in [-0.4, -0.2) is 49.9 Å². The van der Waals surface area contributed by atoms with Crippen LogP contribution in [0, 0.1) is 0 Å². The summed E-state index contributed by atoms with van der Waals surface area (Å²) in [6.45, 7) is 0.732. The maximum atomic E-state index is 12.0. The van der Waals surface area contributed by atoms with Crippen LogP contribution >= 0.6 is 0 Å². The van der Waals surface area contributed by atoms with Gasteiger partial charge in [-0.3, -0.25) is 10.1 Å². The number of esters is 1. The summed E-state index contributed by atoms with van der Waals surface area (Å²) in [5.74, 6) is -0.675. The summed E-state index contributed by atoms with van der Waals surface area (Å²) in [5, 5.41) is 4.90. The smallest absolute Gasteiger partial charge is 0.338 e. The Balaban J connectivity index is 1.36. The van der Waals surface area contributed by atoms with Gasteiger partial charge in [0.05, 0.1) is 11.7 Å². The molecule has 1 aliphatic heterocycles. The summed E-state index contributed by atoms with van der Waals surface area (Å²) in [7, 11) is 0. The van der Waals surface area contributed by atoms with Gasteiger partial charge in [-0.25, -0.2) is 9.59 Å². The van der Waals surface area contributed by atoms with Crippen molar-refractivity contribution in [1.82, 2.24) is 10.6 Å². The molecule has 0 bridgehead atoms. The van der Waals surface area contributed by atoms with E-state index in [0.29, 0.717) is 17.9 Å². The molecule has 2 aliphatic rings. The Hall–Kier alpha value is -2.61. The highest BCUT2D eigenvalue weighted by Gasteiger charge is 2.19. The molecule has 28 heavy (non-hydrogen) atoms. The molecular weight excluding hydrogens is 364 g/mol. The molecule has 0 radical (unpaired) electrons. The standard InChI is InChI=1S/C20H26N2O6/c23-18(22-20(25)21-15-4-1-2-5-15)13-28-19(24)14-7-9-16(10-8-14)27-12-17-6-3-11-26-17/h7-10,15,17H,1-6,11-13H2,(H2,21,22,23,25). The zero-order valence-electron chi connectivity index (χ0n) is 15.8. The number of imide groups is 1. The number of hydrogen-bond donors (Lipinski definition) is 2. The Kier molecular flexibility index (Phi) is 7.25. The van der Waals surface area contributed by atoms with Gasteiger partial charge in [-0.05, 0) is 49.9 Å². The van der Waals surface area contributed by atoms with Crippen molar-refractivity contribution in [2.24, 2.45) is 0 Å². The first kappa shape index (κ1) is 20.1. The number of carbonyl (C=O) groups is 3. The molecule has 1 aromatic rings. The molecule has 152 valence electrons. The minimum absolute atomic E-state index is 0.108. The highest BCUT2D eigenvalue weighted by atomic mass is 16.5. The maximum Gasteiger partial charge on any atom is 0.338 e. The van der Waals surface area contributed by atoms with Gasteiger partial charge in [0.2, 0.25) is 0 Å². The lowest BCUT2D eigenvalue weighted by Gasteiger charge is -2.12. The van der Waals surface area contributed by atoms with E-state index in [1.807, 2.05) is 0 Å². The average Bonchev–Trinajstić information content (AvgIpc) is 3.39. The Labute approximate surface area is 163 Å². The Morgan fingerprint density at radius 2 is 1.79 bits per heavy atom. The fourth-order valence-corrected chi connectivity index (χ4v) is 3.32. The Bertz CT molecular complexity index is 678.